The summed E-state index contributed by atoms with van der Waals surface area (Å²) in [6.45, 7) is 4.82. The van der Waals surface area contributed by atoms with Gasteiger partial charge in [0.25, 0.3) is 0 Å². The van der Waals surface area contributed by atoms with E-state index in [0.29, 0.717) is 18.3 Å². The molecule has 1 atom stereocenters. The second-order valence-electron chi connectivity index (χ2n) is 5.01. The molecule has 0 fully saturated rings. The normalized spacial score (nSPS) is 12.4. The predicted octanol–water partition coefficient (Wildman–Crippen LogP) is 3.71. The zero-order valence-electron chi connectivity index (χ0n) is 11.9. The number of hydrogen-bond donors (Lipinski definition) is 2. The maximum atomic E-state index is 9.95. The minimum atomic E-state index is -0.314. The minimum Gasteiger partial charge on any atom is -0.391 e. The van der Waals surface area contributed by atoms with E-state index in [1.165, 1.54) is 15.7 Å². The van der Waals surface area contributed by atoms with Gasteiger partial charge in [-0.3, -0.25) is 0 Å². The molecular formula is C16H22ClNOS. The molecule has 2 nitrogen and oxygen atoms in total. The molecule has 0 aromatic heterocycles. The lowest BCUT2D eigenvalue weighted by molar-refractivity contribution is 0.192. The topological polar surface area (TPSA) is 32.3 Å². The highest BCUT2D eigenvalue weighted by molar-refractivity contribution is 7.99. The zero-order chi connectivity index (χ0) is 13.7. The van der Waals surface area contributed by atoms with E-state index in [4.69, 9.17) is 0 Å². The number of thioether (sulfide) groups is 1. The van der Waals surface area contributed by atoms with Crippen LogP contribution in [0.15, 0.2) is 47.4 Å². The molecule has 2 N–H and O–H groups in total. The van der Waals surface area contributed by atoms with Gasteiger partial charge in [-0.05, 0) is 16.8 Å². The SMILES string of the molecule is CC(C)NCC(O)CSc1cccc2ccccc12.Cl. The Labute approximate surface area is 131 Å². The van der Waals surface area contributed by atoms with Crippen LogP contribution in [0.5, 0.6) is 0 Å². The van der Waals surface area contributed by atoms with Gasteiger partial charge in [-0.2, -0.15) is 0 Å². The highest BCUT2D eigenvalue weighted by Gasteiger charge is 2.07. The van der Waals surface area contributed by atoms with Crippen LogP contribution in [-0.2, 0) is 0 Å². The van der Waals surface area contributed by atoms with Crippen LogP contribution in [0.3, 0.4) is 0 Å². The fraction of sp³-hybridized carbons (Fsp3) is 0.375. The fourth-order valence-corrected chi connectivity index (χ4v) is 2.94. The van der Waals surface area contributed by atoms with Crippen molar-refractivity contribution in [3.05, 3.63) is 42.5 Å². The van der Waals surface area contributed by atoms with Crippen molar-refractivity contribution >= 4 is 34.9 Å². The van der Waals surface area contributed by atoms with Crippen molar-refractivity contribution in [2.75, 3.05) is 12.3 Å². The van der Waals surface area contributed by atoms with E-state index >= 15 is 0 Å². The molecular weight excluding hydrogens is 290 g/mol. The summed E-state index contributed by atoms with van der Waals surface area (Å²) in [5.41, 5.74) is 0. The summed E-state index contributed by atoms with van der Waals surface area (Å²) in [7, 11) is 0. The number of aliphatic hydroxyl groups is 1. The van der Waals surface area contributed by atoms with Gasteiger partial charge in [-0.15, -0.1) is 24.2 Å². The Morgan fingerprint density at radius 1 is 1.10 bits per heavy atom. The Bertz CT molecular complexity index is 527. The number of aliphatic hydroxyl groups excluding tert-OH is 1. The van der Waals surface area contributed by atoms with Gasteiger partial charge in [0.1, 0.15) is 0 Å². The van der Waals surface area contributed by atoms with Gasteiger partial charge in [0.2, 0.25) is 0 Å². The number of rotatable bonds is 6. The molecule has 2 aromatic rings. The summed E-state index contributed by atoms with van der Waals surface area (Å²) in [5, 5.41) is 15.7. The standard InChI is InChI=1S/C16H21NOS.ClH/c1-12(2)17-10-14(18)11-19-16-9-5-7-13-6-3-4-8-15(13)16;/h3-9,12,14,17-18H,10-11H2,1-2H3;1H. The first-order valence-electron chi connectivity index (χ1n) is 6.69. The van der Waals surface area contributed by atoms with E-state index in [9.17, 15) is 5.11 Å². The molecule has 2 rings (SSSR count). The van der Waals surface area contributed by atoms with E-state index in [2.05, 4.69) is 61.6 Å². The molecule has 0 heterocycles. The highest BCUT2D eigenvalue weighted by atomic mass is 35.5. The average Bonchev–Trinajstić information content (AvgIpc) is 2.42. The Balaban J connectivity index is 0.00000200. The van der Waals surface area contributed by atoms with Crippen molar-refractivity contribution in [3.63, 3.8) is 0 Å². The van der Waals surface area contributed by atoms with E-state index in [-0.39, 0.29) is 18.5 Å². The number of benzene rings is 2. The maximum absolute atomic E-state index is 9.95. The molecule has 110 valence electrons. The van der Waals surface area contributed by atoms with E-state index < -0.39 is 0 Å². The first kappa shape index (κ1) is 17.3. The van der Waals surface area contributed by atoms with Gasteiger partial charge in [0, 0.05) is 23.2 Å². The van der Waals surface area contributed by atoms with E-state index in [1.54, 1.807) is 11.8 Å². The van der Waals surface area contributed by atoms with E-state index in [1.807, 2.05) is 0 Å². The lowest BCUT2D eigenvalue weighted by atomic mass is 10.1. The monoisotopic (exact) mass is 311 g/mol. The lowest BCUT2D eigenvalue weighted by Gasteiger charge is -2.14. The number of fused-ring (bicyclic) bond motifs is 1. The summed E-state index contributed by atoms with van der Waals surface area (Å²) in [6, 6.07) is 15.1. The largest absolute Gasteiger partial charge is 0.391 e. The van der Waals surface area contributed by atoms with Crippen LogP contribution in [0.2, 0.25) is 0 Å². The molecule has 0 amide bonds. The molecule has 0 bridgehead atoms. The summed E-state index contributed by atoms with van der Waals surface area (Å²) >= 11 is 1.72. The Morgan fingerprint density at radius 3 is 2.55 bits per heavy atom. The van der Waals surface area contributed by atoms with Crippen LogP contribution in [0.25, 0.3) is 10.8 Å². The third-order valence-electron chi connectivity index (χ3n) is 2.94. The van der Waals surface area contributed by atoms with Crippen molar-refractivity contribution in [1.29, 1.82) is 0 Å². The smallest absolute Gasteiger partial charge is 0.0758 e. The fourth-order valence-electron chi connectivity index (χ4n) is 1.94. The first-order valence-corrected chi connectivity index (χ1v) is 7.67. The van der Waals surface area contributed by atoms with Crippen LogP contribution in [0.4, 0.5) is 0 Å². The molecule has 0 spiro atoms. The van der Waals surface area contributed by atoms with Crippen molar-refractivity contribution in [2.45, 2.75) is 30.9 Å². The molecule has 0 radical (unpaired) electrons. The van der Waals surface area contributed by atoms with Crippen LogP contribution in [0.1, 0.15) is 13.8 Å². The molecule has 4 heteroatoms. The average molecular weight is 312 g/mol. The molecule has 2 aromatic carbocycles. The van der Waals surface area contributed by atoms with Gasteiger partial charge in [-0.25, -0.2) is 0 Å². The number of halogens is 1. The van der Waals surface area contributed by atoms with Crippen molar-refractivity contribution in [3.8, 4) is 0 Å². The van der Waals surface area contributed by atoms with Crippen LogP contribution >= 0.6 is 24.2 Å². The molecule has 1 unspecified atom stereocenters. The van der Waals surface area contributed by atoms with Gasteiger partial charge < -0.3 is 10.4 Å². The number of nitrogens with one attached hydrogen (secondary N) is 1. The molecule has 0 saturated heterocycles. The van der Waals surface area contributed by atoms with Gasteiger partial charge in [0.15, 0.2) is 0 Å². The van der Waals surface area contributed by atoms with Crippen LogP contribution in [0, 0.1) is 0 Å². The Morgan fingerprint density at radius 2 is 1.80 bits per heavy atom. The molecule has 0 aliphatic rings. The van der Waals surface area contributed by atoms with Crippen LogP contribution in [-0.4, -0.2) is 29.5 Å². The van der Waals surface area contributed by atoms with Crippen molar-refractivity contribution in [2.24, 2.45) is 0 Å². The van der Waals surface area contributed by atoms with Gasteiger partial charge in [0.05, 0.1) is 6.10 Å². The summed E-state index contributed by atoms with van der Waals surface area (Å²) in [5.74, 6) is 0.716. The third-order valence-corrected chi connectivity index (χ3v) is 4.16. The summed E-state index contributed by atoms with van der Waals surface area (Å²) < 4.78 is 0. The van der Waals surface area contributed by atoms with Crippen LogP contribution < -0.4 is 5.32 Å². The molecule has 0 aliphatic carbocycles. The maximum Gasteiger partial charge on any atom is 0.0758 e. The predicted molar refractivity (Wildman–Crippen MR) is 91.1 cm³/mol. The molecule has 20 heavy (non-hydrogen) atoms. The lowest BCUT2D eigenvalue weighted by Crippen LogP contribution is -2.33. The number of hydrogen-bond acceptors (Lipinski definition) is 3. The first-order chi connectivity index (χ1) is 9.16. The molecule has 0 saturated carbocycles. The summed E-state index contributed by atoms with van der Waals surface area (Å²) in [4.78, 5) is 1.24. The second kappa shape index (κ2) is 8.53. The van der Waals surface area contributed by atoms with Crippen molar-refractivity contribution in [1.82, 2.24) is 5.32 Å². The Hall–Kier alpha value is -0.740. The second-order valence-corrected chi connectivity index (χ2v) is 6.07. The highest BCUT2D eigenvalue weighted by Crippen LogP contribution is 2.28. The quantitative estimate of drug-likeness (QED) is 0.798. The molecule has 0 aliphatic heterocycles. The van der Waals surface area contributed by atoms with E-state index in [0.717, 1.165) is 0 Å². The minimum absolute atomic E-state index is 0. The van der Waals surface area contributed by atoms with Crippen molar-refractivity contribution < 1.29 is 5.11 Å². The third kappa shape index (κ3) is 4.98. The summed E-state index contributed by atoms with van der Waals surface area (Å²) in [6.07, 6.45) is -0.314. The Kier molecular flexibility index (Phi) is 7.38. The van der Waals surface area contributed by atoms with Gasteiger partial charge >= 0.3 is 0 Å². The van der Waals surface area contributed by atoms with Gasteiger partial charge in [-0.1, -0.05) is 50.2 Å². The zero-order valence-corrected chi connectivity index (χ0v) is 13.5.